The molecular weight excluding hydrogens is 697 g/mol. The summed E-state index contributed by atoms with van der Waals surface area (Å²) in [6.45, 7) is 0. The number of aromatic nitrogens is 2. The molecule has 10 aromatic rings. The molecule has 0 saturated carbocycles. The summed E-state index contributed by atoms with van der Waals surface area (Å²) < 4.78 is 1.34. The minimum atomic E-state index is -0.393. The van der Waals surface area contributed by atoms with Crippen molar-refractivity contribution < 1.29 is 0 Å². The van der Waals surface area contributed by atoms with Crippen LogP contribution in [0.5, 0.6) is 0 Å². The first-order valence-corrected chi connectivity index (χ1v) is 20.0. The molecule has 0 bridgehead atoms. The molecule has 0 fully saturated rings. The van der Waals surface area contributed by atoms with Gasteiger partial charge in [0.25, 0.3) is 0 Å². The molecule has 56 heavy (non-hydrogen) atoms. The monoisotopic (exact) mass is 728 g/mol. The van der Waals surface area contributed by atoms with Crippen LogP contribution < -0.4 is 0 Å². The number of thiophene rings is 1. The number of hydrogen-bond donors (Lipinski definition) is 0. The van der Waals surface area contributed by atoms with E-state index in [2.05, 4.69) is 194 Å². The highest BCUT2D eigenvalue weighted by molar-refractivity contribution is 7.22. The van der Waals surface area contributed by atoms with E-state index >= 15 is 0 Å². The van der Waals surface area contributed by atoms with Crippen LogP contribution in [0.4, 0.5) is 0 Å². The lowest BCUT2D eigenvalue weighted by molar-refractivity contribution is 0.803. The molecule has 1 spiro atoms. The van der Waals surface area contributed by atoms with Gasteiger partial charge in [0, 0.05) is 26.3 Å². The minimum Gasteiger partial charge on any atom is -0.228 e. The molecule has 2 aliphatic rings. The van der Waals surface area contributed by atoms with Gasteiger partial charge in [-0.15, -0.1) is 11.3 Å². The first kappa shape index (κ1) is 31.4. The second-order valence-electron chi connectivity index (χ2n) is 14.8. The largest absolute Gasteiger partial charge is 0.228 e. The maximum Gasteiger partial charge on any atom is 0.161 e. The fourth-order valence-electron chi connectivity index (χ4n) is 9.60. The van der Waals surface area contributed by atoms with Crippen LogP contribution in [0.3, 0.4) is 0 Å². The quantitative estimate of drug-likeness (QED) is 0.180. The lowest BCUT2D eigenvalue weighted by Gasteiger charge is -2.30. The van der Waals surface area contributed by atoms with Crippen molar-refractivity contribution in [2.45, 2.75) is 5.41 Å². The van der Waals surface area contributed by atoms with E-state index in [9.17, 15) is 0 Å². The van der Waals surface area contributed by atoms with Gasteiger partial charge in [-0.05, 0) is 84.4 Å². The lowest BCUT2D eigenvalue weighted by Crippen LogP contribution is -2.25. The summed E-state index contributed by atoms with van der Waals surface area (Å²) in [5.74, 6) is 0.710. The number of hydrogen-bond acceptors (Lipinski definition) is 3. The van der Waals surface area contributed by atoms with Gasteiger partial charge in [0.15, 0.2) is 5.82 Å². The van der Waals surface area contributed by atoms with Gasteiger partial charge < -0.3 is 0 Å². The SMILES string of the molecule is c1ccc(-c2cc(-c3cccc4ccccc34)nc(-c3ccccc3-c3ccc4c(c3)-c3ccccc3C43c4ccccc4-c4sc5ccccc5c43)n2)cc1. The highest BCUT2D eigenvalue weighted by Crippen LogP contribution is 2.66. The first-order chi connectivity index (χ1) is 27.8. The van der Waals surface area contributed by atoms with Crippen molar-refractivity contribution in [3.05, 3.63) is 216 Å². The maximum atomic E-state index is 5.37. The Bertz CT molecular complexity index is 3210. The third-order valence-electron chi connectivity index (χ3n) is 11.9. The topological polar surface area (TPSA) is 25.8 Å². The maximum absolute atomic E-state index is 5.37. The third-order valence-corrected chi connectivity index (χ3v) is 13.1. The van der Waals surface area contributed by atoms with Crippen molar-refractivity contribution in [2.24, 2.45) is 0 Å². The smallest absolute Gasteiger partial charge is 0.161 e. The molecule has 0 aliphatic heterocycles. The summed E-state index contributed by atoms with van der Waals surface area (Å²) in [6, 6.07) is 70.5. The fourth-order valence-corrected chi connectivity index (χ4v) is 10.9. The summed E-state index contributed by atoms with van der Waals surface area (Å²) in [5.41, 5.74) is 16.2. The van der Waals surface area contributed by atoms with Gasteiger partial charge in [0.2, 0.25) is 0 Å². The van der Waals surface area contributed by atoms with Gasteiger partial charge in [-0.3, -0.25) is 0 Å². The van der Waals surface area contributed by atoms with Gasteiger partial charge in [-0.2, -0.15) is 0 Å². The summed E-state index contributed by atoms with van der Waals surface area (Å²) in [7, 11) is 0. The lowest BCUT2D eigenvalue weighted by atomic mass is 9.70. The third kappa shape index (κ3) is 4.38. The second kappa shape index (κ2) is 12.0. The van der Waals surface area contributed by atoms with Gasteiger partial charge in [-0.25, -0.2) is 9.97 Å². The second-order valence-corrected chi connectivity index (χ2v) is 15.9. The van der Waals surface area contributed by atoms with Crippen molar-refractivity contribution in [3.63, 3.8) is 0 Å². The van der Waals surface area contributed by atoms with E-state index in [1.807, 2.05) is 11.3 Å². The molecule has 2 heterocycles. The highest BCUT2D eigenvalue weighted by atomic mass is 32.1. The van der Waals surface area contributed by atoms with E-state index in [0.717, 1.165) is 39.2 Å². The van der Waals surface area contributed by atoms with Crippen LogP contribution in [0.1, 0.15) is 22.3 Å². The Morgan fingerprint density at radius 3 is 1.84 bits per heavy atom. The molecule has 3 heteroatoms. The standard InChI is InChI=1S/C53H32N2S/c1-2-16-34(17-3-1)47-32-48(39-25-14-18-33-15-4-5-19-36(33)39)55-52(54-47)40-22-7-6-20-37(40)35-29-30-46-43(31-35)38-21-8-11-26-44(38)53(46)45-27-12-9-23-41(45)51-50(53)42-24-10-13-28-49(42)56-51/h1-32H. The molecule has 260 valence electrons. The van der Waals surface area contributed by atoms with Gasteiger partial charge in [0.05, 0.1) is 16.8 Å². The average molecular weight is 729 g/mol. The van der Waals surface area contributed by atoms with Crippen molar-refractivity contribution >= 4 is 32.2 Å². The molecule has 1 atom stereocenters. The van der Waals surface area contributed by atoms with Crippen LogP contribution in [0.15, 0.2) is 194 Å². The van der Waals surface area contributed by atoms with Crippen LogP contribution >= 0.6 is 11.3 Å². The molecular formula is C53H32N2S. The number of fused-ring (bicyclic) bond motifs is 13. The van der Waals surface area contributed by atoms with Gasteiger partial charge >= 0.3 is 0 Å². The van der Waals surface area contributed by atoms with E-state index in [0.29, 0.717) is 5.82 Å². The Morgan fingerprint density at radius 1 is 0.375 bits per heavy atom. The van der Waals surface area contributed by atoms with Crippen LogP contribution in [0.2, 0.25) is 0 Å². The molecule has 8 aromatic carbocycles. The highest BCUT2D eigenvalue weighted by Gasteiger charge is 2.53. The van der Waals surface area contributed by atoms with Crippen molar-refractivity contribution in [3.8, 4) is 66.6 Å². The zero-order chi connectivity index (χ0) is 36.8. The molecule has 12 rings (SSSR count). The van der Waals surface area contributed by atoms with E-state index in [1.54, 1.807) is 0 Å². The van der Waals surface area contributed by atoms with E-state index < -0.39 is 5.41 Å². The van der Waals surface area contributed by atoms with Crippen LogP contribution in [0, 0.1) is 0 Å². The number of benzene rings is 8. The summed E-state index contributed by atoms with van der Waals surface area (Å²) in [5, 5.41) is 3.71. The fraction of sp³-hybridized carbons (Fsp3) is 0.0189. The Balaban J connectivity index is 1.08. The van der Waals surface area contributed by atoms with Crippen LogP contribution in [0.25, 0.3) is 87.5 Å². The Hall–Kier alpha value is -6.94. The van der Waals surface area contributed by atoms with Crippen molar-refractivity contribution in [1.82, 2.24) is 9.97 Å². The predicted molar refractivity (Wildman–Crippen MR) is 233 cm³/mol. The van der Waals surface area contributed by atoms with E-state index in [1.165, 1.54) is 64.7 Å². The van der Waals surface area contributed by atoms with Crippen molar-refractivity contribution in [2.75, 3.05) is 0 Å². The number of rotatable bonds is 4. The molecule has 2 aliphatic carbocycles. The molecule has 2 nitrogen and oxygen atoms in total. The Morgan fingerprint density at radius 2 is 0.982 bits per heavy atom. The average Bonchev–Trinajstić information content (AvgIpc) is 3.90. The summed E-state index contributed by atoms with van der Waals surface area (Å²) >= 11 is 1.92. The summed E-state index contributed by atoms with van der Waals surface area (Å²) in [6.07, 6.45) is 0. The van der Waals surface area contributed by atoms with Gasteiger partial charge in [-0.1, -0.05) is 176 Å². The minimum absolute atomic E-state index is 0.393. The molecule has 0 saturated heterocycles. The van der Waals surface area contributed by atoms with Crippen molar-refractivity contribution in [1.29, 1.82) is 0 Å². The van der Waals surface area contributed by atoms with Crippen LogP contribution in [-0.4, -0.2) is 9.97 Å². The van der Waals surface area contributed by atoms with Gasteiger partial charge in [0.1, 0.15) is 0 Å². The molecule has 1 unspecified atom stereocenters. The molecule has 0 amide bonds. The number of nitrogens with zero attached hydrogens (tertiary/aromatic N) is 2. The zero-order valence-electron chi connectivity index (χ0n) is 30.3. The molecule has 2 aromatic heterocycles. The van der Waals surface area contributed by atoms with Crippen LogP contribution in [-0.2, 0) is 5.41 Å². The zero-order valence-corrected chi connectivity index (χ0v) is 31.1. The predicted octanol–water partition coefficient (Wildman–Crippen LogP) is 13.9. The Kier molecular flexibility index (Phi) is 6.75. The summed E-state index contributed by atoms with van der Waals surface area (Å²) in [4.78, 5) is 12.0. The normalized spacial score (nSPS) is 14.9. The first-order valence-electron chi connectivity index (χ1n) is 19.2. The molecule has 0 N–H and O–H groups in total. The Labute approximate surface area is 329 Å². The van der Waals surface area contributed by atoms with E-state index in [4.69, 9.17) is 9.97 Å². The van der Waals surface area contributed by atoms with E-state index in [-0.39, 0.29) is 0 Å². The molecule has 0 radical (unpaired) electrons.